The molecule has 0 amide bonds. The maximum Gasteiger partial charge on any atom is 0.172 e. The van der Waals surface area contributed by atoms with Gasteiger partial charge in [-0.1, -0.05) is 0 Å². The molecular weight excluding hydrogens is 209 g/mol. The largest absolute Gasteiger partial charge is 0.383 e. The lowest BCUT2D eigenvalue weighted by molar-refractivity contribution is 0.628. The molecule has 6 heteroatoms. The van der Waals surface area contributed by atoms with Gasteiger partial charge in [-0.15, -0.1) is 0 Å². The Morgan fingerprint density at radius 3 is 2.69 bits per heavy atom. The summed E-state index contributed by atoms with van der Waals surface area (Å²) < 4.78 is 12.7. The van der Waals surface area contributed by atoms with E-state index in [9.17, 15) is 4.39 Å². The normalized spacial score (nSPS) is 9.75. The summed E-state index contributed by atoms with van der Waals surface area (Å²) in [5.74, 6) is 0.200. The van der Waals surface area contributed by atoms with Crippen molar-refractivity contribution >= 4 is 17.3 Å². The SMILES string of the molecule is N#Cc1c(Nc2ccc(F)cc2)n[nH]c1N. The van der Waals surface area contributed by atoms with Crippen molar-refractivity contribution in [3.05, 3.63) is 35.6 Å². The third kappa shape index (κ3) is 1.79. The number of benzene rings is 1. The molecule has 0 radical (unpaired) electrons. The van der Waals surface area contributed by atoms with Crippen LogP contribution in [0.5, 0.6) is 0 Å². The number of nitrogen functional groups attached to an aromatic ring is 1. The van der Waals surface area contributed by atoms with Crippen LogP contribution >= 0.6 is 0 Å². The number of nitrogens with two attached hydrogens (primary N) is 1. The fourth-order valence-corrected chi connectivity index (χ4v) is 1.23. The highest BCUT2D eigenvalue weighted by Crippen LogP contribution is 2.21. The summed E-state index contributed by atoms with van der Waals surface area (Å²) in [7, 11) is 0. The molecule has 1 heterocycles. The Morgan fingerprint density at radius 2 is 2.06 bits per heavy atom. The third-order valence-corrected chi connectivity index (χ3v) is 2.01. The van der Waals surface area contributed by atoms with Crippen LogP contribution in [0, 0.1) is 17.1 Å². The van der Waals surface area contributed by atoms with E-state index in [1.807, 2.05) is 6.07 Å². The van der Waals surface area contributed by atoms with Gasteiger partial charge in [0.1, 0.15) is 23.3 Å². The van der Waals surface area contributed by atoms with E-state index in [-0.39, 0.29) is 17.2 Å². The molecule has 0 fully saturated rings. The van der Waals surface area contributed by atoms with Crippen LogP contribution in [-0.2, 0) is 0 Å². The van der Waals surface area contributed by atoms with E-state index in [4.69, 9.17) is 11.0 Å². The second-order valence-corrected chi connectivity index (χ2v) is 3.10. The average molecular weight is 217 g/mol. The summed E-state index contributed by atoms with van der Waals surface area (Å²) in [6.07, 6.45) is 0. The van der Waals surface area contributed by atoms with Gasteiger partial charge in [-0.3, -0.25) is 5.10 Å². The number of hydrogen-bond donors (Lipinski definition) is 3. The molecule has 0 saturated heterocycles. The third-order valence-electron chi connectivity index (χ3n) is 2.01. The Bertz CT molecular complexity index is 537. The first-order valence-corrected chi connectivity index (χ1v) is 4.47. The van der Waals surface area contributed by atoms with Gasteiger partial charge in [0.25, 0.3) is 0 Å². The van der Waals surface area contributed by atoms with Crippen LogP contribution < -0.4 is 11.1 Å². The summed E-state index contributed by atoms with van der Waals surface area (Å²) in [5, 5.41) is 18.0. The molecule has 4 N–H and O–H groups in total. The number of aromatic nitrogens is 2. The molecule has 2 aromatic rings. The zero-order valence-corrected chi connectivity index (χ0v) is 8.16. The predicted octanol–water partition coefficient (Wildman–Crippen LogP) is 1.75. The Kier molecular flexibility index (Phi) is 2.44. The van der Waals surface area contributed by atoms with Gasteiger partial charge in [-0.05, 0) is 24.3 Å². The van der Waals surface area contributed by atoms with Crippen molar-refractivity contribution in [3.63, 3.8) is 0 Å². The molecule has 0 aliphatic rings. The molecule has 1 aromatic heterocycles. The van der Waals surface area contributed by atoms with Gasteiger partial charge < -0.3 is 11.1 Å². The van der Waals surface area contributed by atoms with E-state index in [1.54, 1.807) is 12.1 Å². The number of nitriles is 1. The van der Waals surface area contributed by atoms with Gasteiger partial charge in [0, 0.05) is 5.69 Å². The molecule has 0 saturated carbocycles. The Balaban J connectivity index is 2.27. The number of rotatable bonds is 2. The highest BCUT2D eigenvalue weighted by molar-refractivity contribution is 5.68. The number of H-pyrrole nitrogens is 1. The standard InChI is InChI=1S/C10H8FN5/c11-6-1-3-7(4-2-6)14-10-8(5-12)9(13)15-16-10/h1-4H,(H4,13,14,15,16). The van der Waals surface area contributed by atoms with Gasteiger partial charge in [-0.25, -0.2) is 4.39 Å². The molecule has 16 heavy (non-hydrogen) atoms. The van der Waals surface area contributed by atoms with Crippen molar-refractivity contribution in [2.45, 2.75) is 0 Å². The van der Waals surface area contributed by atoms with Crippen molar-refractivity contribution in [2.75, 3.05) is 11.1 Å². The maximum absolute atomic E-state index is 12.7. The Labute approximate surface area is 90.7 Å². The highest BCUT2D eigenvalue weighted by atomic mass is 19.1. The van der Waals surface area contributed by atoms with Crippen LogP contribution in [0.15, 0.2) is 24.3 Å². The predicted molar refractivity (Wildman–Crippen MR) is 57.4 cm³/mol. The van der Waals surface area contributed by atoms with Crippen molar-refractivity contribution in [2.24, 2.45) is 0 Å². The average Bonchev–Trinajstić information content (AvgIpc) is 2.63. The number of hydrogen-bond acceptors (Lipinski definition) is 4. The molecule has 5 nitrogen and oxygen atoms in total. The zero-order valence-electron chi connectivity index (χ0n) is 8.16. The lowest BCUT2D eigenvalue weighted by Gasteiger charge is -2.02. The first-order valence-electron chi connectivity index (χ1n) is 4.47. The molecule has 80 valence electrons. The summed E-state index contributed by atoms with van der Waals surface area (Å²) in [6.45, 7) is 0. The highest BCUT2D eigenvalue weighted by Gasteiger charge is 2.10. The number of aromatic amines is 1. The molecule has 0 aliphatic heterocycles. The van der Waals surface area contributed by atoms with E-state index < -0.39 is 0 Å². The molecule has 0 atom stereocenters. The van der Waals surface area contributed by atoms with Crippen LogP contribution in [0.25, 0.3) is 0 Å². The molecule has 0 aliphatic carbocycles. The van der Waals surface area contributed by atoms with Crippen molar-refractivity contribution < 1.29 is 4.39 Å². The Hall–Kier alpha value is -2.55. The molecular formula is C10H8FN5. The van der Waals surface area contributed by atoms with Gasteiger partial charge in [-0.2, -0.15) is 10.4 Å². The zero-order chi connectivity index (χ0) is 11.5. The first kappa shape index (κ1) is 9.98. The summed E-state index contributed by atoms with van der Waals surface area (Å²) in [4.78, 5) is 0. The van der Waals surface area contributed by atoms with Crippen LogP contribution in [-0.4, -0.2) is 10.2 Å². The van der Waals surface area contributed by atoms with E-state index in [0.717, 1.165) is 0 Å². The van der Waals surface area contributed by atoms with Crippen molar-refractivity contribution in [3.8, 4) is 6.07 Å². The summed E-state index contributed by atoms with van der Waals surface area (Å²) >= 11 is 0. The fourth-order valence-electron chi connectivity index (χ4n) is 1.23. The number of nitrogens with zero attached hydrogens (tertiary/aromatic N) is 2. The number of nitrogens with one attached hydrogen (secondary N) is 2. The van der Waals surface area contributed by atoms with Crippen LogP contribution in [0.2, 0.25) is 0 Å². The quantitative estimate of drug-likeness (QED) is 0.714. The van der Waals surface area contributed by atoms with E-state index in [0.29, 0.717) is 11.5 Å². The van der Waals surface area contributed by atoms with E-state index >= 15 is 0 Å². The van der Waals surface area contributed by atoms with Gasteiger partial charge in [0.2, 0.25) is 0 Å². The van der Waals surface area contributed by atoms with Crippen LogP contribution in [0.3, 0.4) is 0 Å². The van der Waals surface area contributed by atoms with Crippen molar-refractivity contribution in [1.29, 1.82) is 5.26 Å². The van der Waals surface area contributed by atoms with Gasteiger partial charge in [0.05, 0.1) is 0 Å². The van der Waals surface area contributed by atoms with E-state index in [1.165, 1.54) is 12.1 Å². The number of anilines is 3. The summed E-state index contributed by atoms with van der Waals surface area (Å²) in [5.41, 5.74) is 6.36. The van der Waals surface area contributed by atoms with Gasteiger partial charge in [0.15, 0.2) is 5.82 Å². The molecule has 0 unspecified atom stereocenters. The minimum Gasteiger partial charge on any atom is -0.383 e. The lowest BCUT2D eigenvalue weighted by atomic mass is 10.3. The molecule has 0 bridgehead atoms. The van der Waals surface area contributed by atoms with Crippen molar-refractivity contribution in [1.82, 2.24) is 10.2 Å². The molecule has 1 aromatic carbocycles. The van der Waals surface area contributed by atoms with Gasteiger partial charge >= 0.3 is 0 Å². The minimum atomic E-state index is -0.326. The number of halogens is 1. The second-order valence-electron chi connectivity index (χ2n) is 3.10. The molecule has 2 rings (SSSR count). The lowest BCUT2D eigenvalue weighted by Crippen LogP contribution is -1.93. The maximum atomic E-state index is 12.7. The minimum absolute atomic E-state index is 0.201. The summed E-state index contributed by atoms with van der Waals surface area (Å²) in [6, 6.07) is 7.63. The van der Waals surface area contributed by atoms with E-state index in [2.05, 4.69) is 15.5 Å². The monoisotopic (exact) mass is 217 g/mol. The topological polar surface area (TPSA) is 90.5 Å². The molecule has 0 spiro atoms. The van der Waals surface area contributed by atoms with Crippen LogP contribution in [0.4, 0.5) is 21.7 Å². The van der Waals surface area contributed by atoms with Crippen LogP contribution in [0.1, 0.15) is 5.56 Å². The fraction of sp³-hybridized carbons (Fsp3) is 0. The second kappa shape index (κ2) is 3.90. The smallest absolute Gasteiger partial charge is 0.172 e. The first-order chi connectivity index (χ1) is 7.70. The Morgan fingerprint density at radius 1 is 1.38 bits per heavy atom.